The van der Waals surface area contributed by atoms with Gasteiger partial charge in [-0.25, -0.2) is 0 Å². The number of hydrogen-bond donors (Lipinski definition) is 1. The van der Waals surface area contributed by atoms with Crippen LogP contribution in [0.1, 0.15) is 32.6 Å². The van der Waals surface area contributed by atoms with Gasteiger partial charge < -0.3 is 10.0 Å². The van der Waals surface area contributed by atoms with E-state index in [9.17, 15) is 9.90 Å². The summed E-state index contributed by atoms with van der Waals surface area (Å²) >= 11 is 0. The van der Waals surface area contributed by atoms with Gasteiger partial charge in [0.05, 0.1) is 5.41 Å². The second kappa shape index (κ2) is 5.31. The maximum Gasteiger partial charge on any atom is 0.310 e. The van der Waals surface area contributed by atoms with E-state index in [4.69, 9.17) is 0 Å². The Hall–Kier alpha value is -0.830. The molecule has 0 bridgehead atoms. The Kier molecular flexibility index (Phi) is 4.33. The average molecular weight is 211 g/mol. The second-order valence-corrected chi connectivity index (χ2v) is 4.44. The predicted molar refractivity (Wildman–Crippen MR) is 60.8 cm³/mol. The molecule has 0 aliphatic carbocycles. The fourth-order valence-electron chi connectivity index (χ4n) is 2.39. The van der Waals surface area contributed by atoms with Gasteiger partial charge in [0.1, 0.15) is 0 Å². The third kappa shape index (κ3) is 2.81. The Bertz CT molecular complexity index is 240. The van der Waals surface area contributed by atoms with E-state index in [0.29, 0.717) is 6.54 Å². The van der Waals surface area contributed by atoms with Crippen LogP contribution in [0, 0.1) is 5.41 Å². The maximum atomic E-state index is 11.3. The zero-order valence-electron chi connectivity index (χ0n) is 9.54. The molecular formula is C12H21NO2. The van der Waals surface area contributed by atoms with Gasteiger partial charge in [-0.3, -0.25) is 4.79 Å². The Morgan fingerprint density at radius 3 is 2.93 bits per heavy atom. The molecule has 1 aliphatic heterocycles. The fourth-order valence-corrected chi connectivity index (χ4v) is 2.39. The van der Waals surface area contributed by atoms with Gasteiger partial charge in [0, 0.05) is 13.1 Å². The lowest BCUT2D eigenvalue weighted by molar-refractivity contribution is -0.148. The summed E-state index contributed by atoms with van der Waals surface area (Å²) in [7, 11) is 0. The fraction of sp³-hybridized carbons (Fsp3) is 0.750. The summed E-state index contributed by atoms with van der Waals surface area (Å²) in [5.74, 6) is -0.620. The van der Waals surface area contributed by atoms with Gasteiger partial charge in [-0.15, -0.1) is 6.58 Å². The van der Waals surface area contributed by atoms with Crippen molar-refractivity contribution in [3.05, 3.63) is 12.7 Å². The number of aliphatic carboxylic acids is 1. The van der Waals surface area contributed by atoms with E-state index >= 15 is 0 Å². The van der Waals surface area contributed by atoms with Crippen LogP contribution in [0.4, 0.5) is 0 Å². The smallest absolute Gasteiger partial charge is 0.310 e. The Labute approximate surface area is 91.8 Å². The van der Waals surface area contributed by atoms with Gasteiger partial charge in [-0.05, 0) is 25.8 Å². The standard InChI is InChI=1S/C12H21NO2/c1-3-5-8-13-9-7-12(10-13,6-4-2)11(14)15/h3H,1,4-10H2,2H3,(H,14,15). The summed E-state index contributed by atoms with van der Waals surface area (Å²) < 4.78 is 0. The van der Waals surface area contributed by atoms with Crippen molar-refractivity contribution < 1.29 is 9.90 Å². The number of hydrogen-bond acceptors (Lipinski definition) is 2. The van der Waals surface area contributed by atoms with E-state index in [1.165, 1.54) is 0 Å². The first-order valence-corrected chi connectivity index (χ1v) is 5.71. The van der Waals surface area contributed by atoms with Crippen LogP contribution in [-0.2, 0) is 4.79 Å². The van der Waals surface area contributed by atoms with Crippen molar-refractivity contribution in [3.8, 4) is 0 Å². The molecule has 1 fully saturated rings. The molecule has 86 valence electrons. The largest absolute Gasteiger partial charge is 0.481 e. The molecule has 1 atom stereocenters. The molecule has 0 spiro atoms. The first-order chi connectivity index (χ1) is 7.14. The van der Waals surface area contributed by atoms with Gasteiger partial charge in [0.2, 0.25) is 0 Å². The van der Waals surface area contributed by atoms with Crippen molar-refractivity contribution in [2.24, 2.45) is 5.41 Å². The van der Waals surface area contributed by atoms with Crippen LogP contribution < -0.4 is 0 Å². The Morgan fingerprint density at radius 2 is 2.40 bits per heavy atom. The van der Waals surface area contributed by atoms with Crippen molar-refractivity contribution in [2.75, 3.05) is 19.6 Å². The van der Waals surface area contributed by atoms with E-state index in [0.717, 1.165) is 38.8 Å². The molecule has 0 saturated carbocycles. The van der Waals surface area contributed by atoms with Crippen LogP contribution in [0.2, 0.25) is 0 Å². The van der Waals surface area contributed by atoms with E-state index in [1.807, 2.05) is 6.08 Å². The van der Waals surface area contributed by atoms with Gasteiger partial charge in [0.25, 0.3) is 0 Å². The molecule has 1 rings (SSSR count). The summed E-state index contributed by atoms with van der Waals surface area (Å²) in [4.78, 5) is 13.5. The van der Waals surface area contributed by atoms with Crippen molar-refractivity contribution in [3.63, 3.8) is 0 Å². The summed E-state index contributed by atoms with van der Waals surface area (Å²) in [6.07, 6.45) is 5.38. The predicted octanol–water partition coefficient (Wildman–Crippen LogP) is 2.14. The molecule has 0 aromatic rings. The van der Waals surface area contributed by atoms with Crippen LogP contribution in [0.5, 0.6) is 0 Å². The summed E-state index contributed by atoms with van der Waals surface area (Å²) in [6.45, 7) is 8.31. The number of nitrogens with zero attached hydrogens (tertiary/aromatic N) is 1. The summed E-state index contributed by atoms with van der Waals surface area (Å²) in [5.41, 5.74) is -0.476. The van der Waals surface area contributed by atoms with Gasteiger partial charge >= 0.3 is 5.97 Å². The number of rotatable bonds is 6. The van der Waals surface area contributed by atoms with E-state index < -0.39 is 11.4 Å². The normalized spacial score (nSPS) is 26.7. The molecule has 3 nitrogen and oxygen atoms in total. The molecule has 1 saturated heterocycles. The SMILES string of the molecule is C=CCCN1CCC(CCC)(C(=O)O)C1. The number of carbonyl (C=O) groups is 1. The van der Waals surface area contributed by atoms with Gasteiger partial charge in [0.15, 0.2) is 0 Å². The van der Waals surface area contributed by atoms with E-state index in [2.05, 4.69) is 18.4 Å². The molecule has 1 N–H and O–H groups in total. The highest BCUT2D eigenvalue weighted by molar-refractivity contribution is 5.75. The molecule has 1 aliphatic rings. The molecule has 1 unspecified atom stereocenters. The number of carboxylic acid groups (broad SMARTS) is 1. The minimum atomic E-state index is -0.620. The third-order valence-corrected chi connectivity index (χ3v) is 3.26. The topological polar surface area (TPSA) is 40.5 Å². The highest BCUT2D eigenvalue weighted by atomic mass is 16.4. The highest BCUT2D eigenvalue weighted by Gasteiger charge is 2.43. The molecule has 0 aromatic heterocycles. The van der Waals surface area contributed by atoms with Crippen LogP contribution in [-0.4, -0.2) is 35.6 Å². The monoisotopic (exact) mass is 211 g/mol. The lowest BCUT2D eigenvalue weighted by Crippen LogP contribution is -2.34. The molecule has 15 heavy (non-hydrogen) atoms. The number of carboxylic acids is 1. The average Bonchev–Trinajstić information content (AvgIpc) is 2.60. The van der Waals surface area contributed by atoms with Gasteiger partial charge in [-0.1, -0.05) is 19.4 Å². The maximum absolute atomic E-state index is 11.3. The van der Waals surface area contributed by atoms with Crippen LogP contribution in [0.15, 0.2) is 12.7 Å². The molecular weight excluding hydrogens is 190 g/mol. The molecule has 0 aromatic carbocycles. The lowest BCUT2D eigenvalue weighted by atomic mass is 9.83. The molecule has 0 radical (unpaired) electrons. The van der Waals surface area contributed by atoms with Crippen molar-refractivity contribution in [2.45, 2.75) is 32.6 Å². The van der Waals surface area contributed by atoms with Crippen molar-refractivity contribution >= 4 is 5.97 Å². The zero-order chi connectivity index (χ0) is 11.3. The lowest BCUT2D eigenvalue weighted by Gasteiger charge is -2.24. The van der Waals surface area contributed by atoms with Crippen LogP contribution >= 0.6 is 0 Å². The highest BCUT2D eigenvalue weighted by Crippen LogP contribution is 2.35. The second-order valence-electron chi connectivity index (χ2n) is 4.44. The summed E-state index contributed by atoms with van der Waals surface area (Å²) in [6, 6.07) is 0. The minimum Gasteiger partial charge on any atom is -0.481 e. The van der Waals surface area contributed by atoms with E-state index in [-0.39, 0.29) is 0 Å². The zero-order valence-corrected chi connectivity index (χ0v) is 9.54. The van der Waals surface area contributed by atoms with Crippen molar-refractivity contribution in [1.82, 2.24) is 4.90 Å². The van der Waals surface area contributed by atoms with Gasteiger partial charge in [-0.2, -0.15) is 0 Å². The van der Waals surface area contributed by atoms with Crippen LogP contribution in [0.3, 0.4) is 0 Å². The van der Waals surface area contributed by atoms with Crippen LogP contribution in [0.25, 0.3) is 0 Å². The Morgan fingerprint density at radius 1 is 1.67 bits per heavy atom. The first kappa shape index (κ1) is 12.2. The summed E-state index contributed by atoms with van der Waals surface area (Å²) in [5, 5.41) is 9.29. The third-order valence-electron chi connectivity index (χ3n) is 3.26. The quantitative estimate of drug-likeness (QED) is 0.684. The Balaban J connectivity index is 2.55. The first-order valence-electron chi connectivity index (χ1n) is 5.71. The molecule has 1 heterocycles. The van der Waals surface area contributed by atoms with E-state index in [1.54, 1.807) is 0 Å². The molecule has 3 heteroatoms. The van der Waals surface area contributed by atoms with Crippen molar-refractivity contribution in [1.29, 1.82) is 0 Å². The number of likely N-dealkylation sites (tertiary alicyclic amines) is 1. The molecule has 0 amide bonds. The minimum absolute atomic E-state index is 0.476.